The number of thioether (sulfide) groups is 1. The number of nitrogens with zero attached hydrogens (tertiary/aromatic N) is 5. The molecule has 0 aliphatic carbocycles. The molecule has 1 N–H and O–H groups in total. The summed E-state index contributed by atoms with van der Waals surface area (Å²) in [5, 5.41) is 22.0. The van der Waals surface area contributed by atoms with E-state index in [0.29, 0.717) is 48.8 Å². The summed E-state index contributed by atoms with van der Waals surface area (Å²) >= 11 is 1.16. The van der Waals surface area contributed by atoms with Gasteiger partial charge in [-0.2, -0.15) is 0 Å². The van der Waals surface area contributed by atoms with Gasteiger partial charge in [0.15, 0.2) is 5.16 Å². The number of aromatic nitrogens is 3. The molecule has 1 aliphatic heterocycles. The van der Waals surface area contributed by atoms with Gasteiger partial charge in [-0.25, -0.2) is 4.39 Å². The third kappa shape index (κ3) is 5.29. The van der Waals surface area contributed by atoms with Crippen LogP contribution >= 0.6 is 11.8 Å². The second-order valence-corrected chi connectivity index (χ2v) is 8.56. The third-order valence-corrected chi connectivity index (χ3v) is 6.00. The van der Waals surface area contributed by atoms with Crippen molar-refractivity contribution in [2.45, 2.75) is 17.3 Å². The Hall–Kier alpha value is -3.51. The van der Waals surface area contributed by atoms with Crippen molar-refractivity contribution in [1.82, 2.24) is 14.8 Å². The van der Waals surface area contributed by atoms with Gasteiger partial charge in [-0.15, -0.1) is 10.2 Å². The van der Waals surface area contributed by atoms with E-state index in [1.165, 1.54) is 30.3 Å². The minimum Gasteiger partial charge on any atom is -0.378 e. The number of nitrogens with one attached hydrogen (secondary N) is 1. The Morgan fingerprint density at radius 3 is 2.70 bits per heavy atom. The zero-order valence-corrected chi connectivity index (χ0v) is 18.5. The fraction of sp³-hybridized carbons (Fsp3) is 0.286. The van der Waals surface area contributed by atoms with E-state index in [2.05, 4.69) is 15.5 Å². The lowest BCUT2D eigenvalue weighted by atomic mass is 10.2. The number of carbonyl (C=O) groups excluding carboxylic acids is 1. The molecule has 12 heteroatoms. The van der Waals surface area contributed by atoms with Crippen LogP contribution in [0.15, 0.2) is 53.7 Å². The molecule has 1 fully saturated rings. The SMILES string of the molecule is CC(Sc1nnc(N2CCOCC2)n1-c1cccc(F)c1)C(=O)Nc1cccc([N+](=O)[O-])c1. The summed E-state index contributed by atoms with van der Waals surface area (Å²) in [5.74, 6) is -0.221. The first-order valence-corrected chi connectivity index (χ1v) is 11.1. The normalized spacial score (nSPS) is 14.7. The van der Waals surface area contributed by atoms with Gasteiger partial charge in [0.2, 0.25) is 11.9 Å². The predicted octanol–water partition coefficient (Wildman–Crippen LogP) is 3.27. The lowest BCUT2D eigenvalue weighted by molar-refractivity contribution is -0.384. The molecule has 1 amide bonds. The van der Waals surface area contributed by atoms with Crippen LogP contribution in [-0.4, -0.2) is 57.1 Å². The van der Waals surface area contributed by atoms with Crippen LogP contribution in [0.5, 0.6) is 0 Å². The molecule has 0 bridgehead atoms. The summed E-state index contributed by atoms with van der Waals surface area (Å²) in [7, 11) is 0. The number of rotatable bonds is 7. The number of nitro groups is 1. The van der Waals surface area contributed by atoms with E-state index in [1.54, 1.807) is 29.7 Å². The van der Waals surface area contributed by atoms with Crippen molar-refractivity contribution in [3.63, 3.8) is 0 Å². The van der Waals surface area contributed by atoms with Crippen LogP contribution in [0.1, 0.15) is 6.92 Å². The van der Waals surface area contributed by atoms with Crippen LogP contribution in [0.25, 0.3) is 5.69 Å². The summed E-state index contributed by atoms with van der Waals surface area (Å²) in [6.45, 7) is 4.00. The summed E-state index contributed by atoms with van der Waals surface area (Å²) in [6, 6.07) is 11.8. The van der Waals surface area contributed by atoms with Gasteiger partial charge in [0.05, 0.1) is 29.1 Å². The minimum absolute atomic E-state index is 0.117. The molecule has 10 nitrogen and oxygen atoms in total. The first kappa shape index (κ1) is 22.7. The number of benzene rings is 2. The highest BCUT2D eigenvalue weighted by Gasteiger charge is 2.25. The van der Waals surface area contributed by atoms with Crippen LogP contribution < -0.4 is 10.2 Å². The maximum Gasteiger partial charge on any atom is 0.271 e. The van der Waals surface area contributed by atoms with Crippen LogP contribution in [0.3, 0.4) is 0 Å². The van der Waals surface area contributed by atoms with Crippen molar-refractivity contribution in [3.05, 3.63) is 64.5 Å². The fourth-order valence-electron chi connectivity index (χ4n) is 3.30. The first-order chi connectivity index (χ1) is 15.9. The van der Waals surface area contributed by atoms with Gasteiger partial charge in [0.1, 0.15) is 5.82 Å². The van der Waals surface area contributed by atoms with Gasteiger partial charge < -0.3 is 15.0 Å². The maximum atomic E-state index is 14.0. The number of ether oxygens (including phenoxy) is 1. The van der Waals surface area contributed by atoms with E-state index in [4.69, 9.17) is 4.74 Å². The summed E-state index contributed by atoms with van der Waals surface area (Å²) in [4.78, 5) is 25.2. The summed E-state index contributed by atoms with van der Waals surface area (Å²) < 4.78 is 21.1. The van der Waals surface area contributed by atoms with Crippen molar-refractivity contribution >= 4 is 35.0 Å². The summed E-state index contributed by atoms with van der Waals surface area (Å²) in [5.41, 5.74) is 0.742. The molecule has 2 heterocycles. The Balaban J connectivity index is 1.58. The van der Waals surface area contributed by atoms with Gasteiger partial charge >= 0.3 is 0 Å². The standard InChI is InChI=1S/C21H21FN6O4S/c1-14(19(29)23-16-5-3-7-18(13-16)28(30)31)33-21-25-24-20(26-8-10-32-11-9-26)27(21)17-6-2-4-15(22)12-17/h2-7,12-14H,8-11H2,1H3,(H,23,29). The molecule has 0 spiro atoms. The number of non-ortho nitro benzene ring substituents is 1. The van der Waals surface area contributed by atoms with Gasteiger partial charge in [0, 0.05) is 30.9 Å². The topological polar surface area (TPSA) is 115 Å². The molecule has 4 rings (SSSR count). The number of halogens is 1. The number of amides is 1. The second kappa shape index (κ2) is 9.96. The van der Waals surface area contributed by atoms with Crippen molar-refractivity contribution in [2.75, 3.05) is 36.5 Å². The molecule has 2 aromatic carbocycles. The van der Waals surface area contributed by atoms with Crippen LogP contribution in [0.4, 0.5) is 21.7 Å². The summed E-state index contributed by atoms with van der Waals surface area (Å²) in [6.07, 6.45) is 0. The van der Waals surface area contributed by atoms with E-state index in [9.17, 15) is 19.3 Å². The van der Waals surface area contributed by atoms with Crippen molar-refractivity contribution < 1.29 is 18.8 Å². The zero-order chi connectivity index (χ0) is 23.4. The predicted molar refractivity (Wildman–Crippen MR) is 121 cm³/mol. The van der Waals surface area contributed by atoms with E-state index >= 15 is 0 Å². The molecule has 33 heavy (non-hydrogen) atoms. The minimum atomic E-state index is -0.613. The lowest BCUT2D eigenvalue weighted by Gasteiger charge is -2.28. The Kier molecular flexibility index (Phi) is 6.84. The van der Waals surface area contributed by atoms with Gasteiger partial charge in [-0.3, -0.25) is 19.5 Å². The van der Waals surface area contributed by atoms with E-state index in [1.807, 2.05) is 4.90 Å². The number of anilines is 2. The molecule has 1 aliphatic rings. The molecule has 1 unspecified atom stereocenters. The van der Waals surface area contributed by atoms with Crippen molar-refractivity contribution in [2.24, 2.45) is 0 Å². The maximum absolute atomic E-state index is 14.0. The number of hydrogen-bond donors (Lipinski definition) is 1. The molecule has 1 atom stereocenters. The largest absolute Gasteiger partial charge is 0.378 e. The monoisotopic (exact) mass is 472 g/mol. The van der Waals surface area contributed by atoms with Gasteiger partial charge in [-0.05, 0) is 31.2 Å². The van der Waals surface area contributed by atoms with Gasteiger partial charge in [-0.1, -0.05) is 23.9 Å². The average molecular weight is 473 g/mol. The average Bonchev–Trinajstić information content (AvgIpc) is 3.23. The Labute approximate surface area is 192 Å². The number of carbonyl (C=O) groups is 1. The van der Waals surface area contributed by atoms with Gasteiger partial charge in [0.25, 0.3) is 5.69 Å². The smallest absolute Gasteiger partial charge is 0.271 e. The fourth-order valence-corrected chi connectivity index (χ4v) is 4.16. The third-order valence-electron chi connectivity index (χ3n) is 4.95. The molecule has 172 valence electrons. The van der Waals surface area contributed by atoms with Crippen LogP contribution in [0.2, 0.25) is 0 Å². The van der Waals surface area contributed by atoms with E-state index in [-0.39, 0.29) is 11.6 Å². The van der Waals surface area contributed by atoms with Crippen molar-refractivity contribution in [1.29, 1.82) is 0 Å². The molecule has 1 aromatic heterocycles. The Bertz CT molecular complexity index is 1170. The number of hydrogen-bond acceptors (Lipinski definition) is 8. The zero-order valence-electron chi connectivity index (χ0n) is 17.7. The number of nitro benzene ring substituents is 1. The van der Waals surface area contributed by atoms with Crippen LogP contribution in [0, 0.1) is 15.9 Å². The Morgan fingerprint density at radius 2 is 1.97 bits per heavy atom. The highest BCUT2D eigenvalue weighted by Crippen LogP contribution is 2.30. The Morgan fingerprint density at radius 1 is 1.21 bits per heavy atom. The second-order valence-electron chi connectivity index (χ2n) is 7.25. The highest BCUT2D eigenvalue weighted by atomic mass is 32.2. The van der Waals surface area contributed by atoms with Crippen LogP contribution in [-0.2, 0) is 9.53 Å². The molecular weight excluding hydrogens is 451 g/mol. The van der Waals surface area contributed by atoms with E-state index < -0.39 is 16.0 Å². The molecule has 0 saturated carbocycles. The lowest BCUT2D eigenvalue weighted by Crippen LogP contribution is -2.38. The number of morpholine rings is 1. The quantitative estimate of drug-likeness (QED) is 0.317. The molecule has 0 radical (unpaired) electrons. The van der Waals surface area contributed by atoms with Crippen molar-refractivity contribution in [3.8, 4) is 5.69 Å². The highest BCUT2D eigenvalue weighted by molar-refractivity contribution is 8.00. The van der Waals surface area contributed by atoms with E-state index in [0.717, 1.165) is 11.8 Å². The first-order valence-electron chi connectivity index (χ1n) is 10.2. The molecular formula is C21H21FN6O4S. The molecule has 1 saturated heterocycles. The molecule has 3 aromatic rings.